The van der Waals surface area contributed by atoms with Gasteiger partial charge in [-0.05, 0) is 64.5 Å². The minimum absolute atomic E-state index is 0.652. The van der Waals surface area contributed by atoms with Crippen LogP contribution in [0.1, 0.15) is 0 Å². The van der Waals surface area contributed by atoms with Crippen LogP contribution in [0.25, 0.3) is 10.8 Å². The number of hydrogen-bond donors (Lipinski definition) is 0. The van der Waals surface area contributed by atoms with Gasteiger partial charge in [0.1, 0.15) is 0 Å². The summed E-state index contributed by atoms with van der Waals surface area (Å²) in [6, 6.07) is 57.8. The molecule has 0 heterocycles. The average molecular weight is 497 g/mol. The molecule has 0 nitrogen and oxygen atoms in total. The maximum atomic E-state index is 2.47. The molecule has 0 N–H and O–H groups in total. The van der Waals surface area contributed by atoms with E-state index in [1.807, 2.05) is 0 Å². The van der Waals surface area contributed by atoms with Crippen molar-refractivity contribution in [2.45, 2.75) is 0 Å². The van der Waals surface area contributed by atoms with Crippen molar-refractivity contribution >= 4 is 58.4 Å². The van der Waals surface area contributed by atoms with Crippen LogP contribution in [0.5, 0.6) is 0 Å². The van der Waals surface area contributed by atoms with Gasteiger partial charge in [0, 0.05) is 0 Å². The molecule has 2 heteroatoms. The second kappa shape index (κ2) is 10.6. The summed E-state index contributed by atoms with van der Waals surface area (Å²) in [5, 5.41) is 11.0. The van der Waals surface area contributed by atoms with Gasteiger partial charge in [-0.2, -0.15) is 0 Å². The first kappa shape index (κ1) is 22.9. The summed E-state index contributed by atoms with van der Waals surface area (Å²) < 4.78 is 0. The Kier molecular flexibility index (Phi) is 6.73. The molecule has 36 heavy (non-hydrogen) atoms. The fourth-order valence-electron chi connectivity index (χ4n) is 4.76. The minimum Gasteiger partial charge on any atom is -0.0622 e. The van der Waals surface area contributed by atoms with Crippen molar-refractivity contribution in [3.63, 3.8) is 0 Å². The number of hydrogen-bond acceptors (Lipinski definition) is 0. The molecule has 0 radical (unpaired) electrons. The van der Waals surface area contributed by atoms with Crippen molar-refractivity contribution in [3.05, 3.63) is 158 Å². The molecule has 0 bridgehead atoms. The molecule has 172 valence electrons. The molecule has 0 aromatic heterocycles. The lowest BCUT2D eigenvalue weighted by Crippen LogP contribution is -2.23. The number of rotatable bonds is 6. The highest BCUT2D eigenvalue weighted by Gasteiger charge is 2.21. The first-order chi connectivity index (χ1) is 17.9. The molecular formula is C34H26P2. The van der Waals surface area contributed by atoms with Crippen LogP contribution in [-0.2, 0) is 0 Å². The normalized spacial score (nSPS) is 11.3. The van der Waals surface area contributed by atoms with Crippen LogP contribution in [0.3, 0.4) is 0 Å². The van der Waals surface area contributed by atoms with Crippen molar-refractivity contribution in [1.82, 2.24) is 0 Å². The summed E-state index contributed by atoms with van der Waals surface area (Å²) in [5.74, 6) is 0. The van der Waals surface area contributed by atoms with E-state index in [0.717, 1.165) is 0 Å². The molecule has 0 unspecified atom stereocenters. The van der Waals surface area contributed by atoms with Gasteiger partial charge in [0.25, 0.3) is 0 Å². The Labute approximate surface area is 215 Å². The zero-order chi connectivity index (χ0) is 24.2. The lowest BCUT2D eigenvalue weighted by molar-refractivity contribution is 1.74. The highest BCUT2D eigenvalue weighted by molar-refractivity contribution is 7.80. The zero-order valence-electron chi connectivity index (χ0n) is 19.9. The maximum Gasteiger partial charge on any atom is -0.00724 e. The Bertz CT molecular complexity index is 1480. The van der Waals surface area contributed by atoms with Gasteiger partial charge in [-0.15, -0.1) is 0 Å². The zero-order valence-corrected chi connectivity index (χ0v) is 21.7. The van der Waals surface area contributed by atoms with Gasteiger partial charge < -0.3 is 0 Å². The van der Waals surface area contributed by atoms with Crippen LogP contribution < -0.4 is 31.8 Å². The van der Waals surface area contributed by atoms with Crippen LogP contribution in [0.2, 0.25) is 0 Å². The van der Waals surface area contributed by atoms with Crippen molar-refractivity contribution in [3.8, 4) is 0 Å². The molecule has 0 saturated carbocycles. The maximum absolute atomic E-state index is 2.47. The third-order valence-electron chi connectivity index (χ3n) is 6.40. The Hall–Kier alpha value is -3.56. The summed E-state index contributed by atoms with van der Waals surface area (Å²) in [7, 11) is -1.33. The third kappa shape index (κ3) is 4.64. The van der Waals surface area contributed by atoms with Crippen molar-refractivity contribution in [2.24, 2.45) is 0 Å². The lowest BCUT2D eigenvalue weighted by atomic mass is 10.1. The predicted octanol–water partition coefficient (Wildman–Crippen LogP) is 6.36. The molecule has 0 aliphatic carbocycles. The number of benzene rings is 6. The van der Waals surface area contributed by atoms with E-state index in [1.54, 1.807) is 0 Å². The molecule has 0 saturated heterocycles. The van der Waals surface area contributed by atoms with Gasteiger partial charge in [0.05, 0.1) is 0 Å². The molecule has 0 aliphatic heterocycles. The summed E-state index contributed by atoms with van der Waals surface area (Å²) in [6.07, 6.45) is 0. The Balaban J connectivity index is 1.57. The summed E-state index contributed by atoms with van der Waals surface area (Å²) in [6.45, 7) is 0. The van der Waals surface area contributed by atoms with Gasteiger partial charge in [0.15, 0.2) is 0 Å². The molecule has 0 fully saturated rings. The van der Waals surface area contributed by atoms with Gasteiger partial charge >= 0.3 is 0 Å². The lowest BCUT2D eigenvalue weighted by Gasteiger charge is -2.23. The second-order valence-electron chi connectivity index (χ2n) is 8.70. The Morgan fingerprint density at radius 3 is 1.22 bits per heavy atom. The van der Waals surface area contributed by atoms with Crippen molar-refractivity contribution < 1.29 is 0 Å². The van der Waals surface area contributed by atoms with E-state index >= 15 is 0 Å². The fourth-order valence-corrected chi connectivity index (χ4v) is 9.54. The smallest absolute Gasteiger partial charge is 0.00724 e. The van der Waals surface area contributed by atoms with Gasteiger partial charge in [-0.1, -0.05) is 152 Å². The summed E-state index contributed by atoms with van der Waals surface area (Å²) in [5.41, 5.74) is 0. The predicted molar refractivity (Wildman–Crippen MR) is 161 cm³/mol. The molecule has 6 rings (SSSR count). The molecule has 6 aromatic carbocycles. The fraction of sp³-hybridized carbons (Fsp3) is 0. The van der Waals surface area contributed by atoms with E-state index in [2.05, 4.69) is 158 Å². The SMILES string of the molecule is c1ccc(P(c2ccccc2)c2ccc3cccc(P(c4ccccc4)c4ccccc4)c3c2)cc1. The van der Waals surface area contributed by atoms with E-state index in [0.29, 0.717) is 0 Å². The highest BCUT2D eigenvalue weighted by atomic mass is 31.1. The van der Waals surface area contributed by atoms with Gasteiger partial charge in [0.2, 0.25) is 0 Å². The molecule has 6 aromatic rings. The monoisotopic (exact) mass is 496 g/mol. The van der Waals surface area contributed by atoms with Crippen LogP contribution in [0, 0.1) is 0 Å². The summed E-state index contributed by atoms with van der Waals surface area (Å²) >= 11 is 0. The first-order valence-electron chi connectivity index (χ1n) is 12.2. The van der Waals surface area contributed by atoms with E-state index in [1.165, 1.54) is 42.6 Å². The van der Waals surface area contributed by atoms with Gasteiger partial charge in [-0.25, -0.2) is 0 Å². The van der Waals surface area contributed by atoms with Crippen LogP contribution in [0.15, 0.2) is 158 Å². The largest absolute Gasteiger partial charge is 0.0622 e. The van der Waals surface area contributed by atoms with Crippen molar-refractivity contribution in [1.29, 1.82) is 0 Å². The van der Waals surface area contributed by atoms with Crippen molar-refractivity contribution in [2.75, 3.05) is 0 Å². The van der Waals surface area contributed by atoms with E-state index in [-0.39, 0.29) is 0 Å². The molecule has 0 amide bonds. The molecule has 0 spiro atoms. The summed E-state index contributed by atoms with van der Waals surface area (Å²) in [4.78, 5) is 0. The van der Waals surface area contributed by atoms with Gasteiger partial charge in [-0.3, -0.25) is 0 Å². The Morgan fingerprint density at radius 1 is 0.306 bits per heavy atom. The topological polar surface area (TPSA) is 0 Å². The van der Waals surface area contributed by atoms with E-state index in [9.17, 15) is 0 Å². The molecule has 0 aliphatic rings. The molecule has 0 atom stereocenters. The Morgan fingerprint density at radius 2 is 0.750 bits per heavy atom. The van der Waals surface area contributed by atoms with E-state index < -0.39 is 15.8 Å². The average Bonchev–Trinajstić information content (AvgIpc) is 2.96. The molecular weight excluding hydrogens is 470 g/mol. The van der Waals surface area contributed by atoms with E-state index in [4.69, 9.17) is 0 Å². The van der Waals surface area contributed by atoms with Crippen LogP contribution in [0.4, 0.5) is 0 Å². The second-order valence-corrected chi connectivity index (χ2v) is 13.1. The highest BCUT2D eigenvalue weighted by Crippen LogP contribution is 2.38. The third-order valence-corrected chi connectivity index (χ3v) is 11.3. The standard InChI is InChI=1S/C34H26P2/c1-5-15-28(16-6-1)35(29-17-7-2-8-18-29)32-25-24-27-14-13-23-34(33(27)26-32)36(30-19-9-3-10-20-30)31-21-11-4-12-22-31/h1-26H. The number of fused-ring (bicyclic) bond motifs is 1. The first-order valence-corrected chi connectivity index (χ1v) is 14.9. The minimum atomic E-state index is -0.679. The van der Waals surface area contributed by atoms with Crippen LogP contribution >= 0.6 is 15.8 Å². The quantitative estimate of drug-likeness (QED) is 0.236. The van der Waals surface area contributed by atoms with Crippen LogP contribution in [-0.4, -0.2) is 0 Å².